The van der Waals surface area contributed by atoms with Gasteiger partial charge < -0.3 is 10.5 Å². The molecule has 118 valence electrons. The van der Waals surface area contributed by atoms with Crippen LogP contribution in [-0.2, 0) is 6.42 Å². The van der Waals surface area contributed by atoms with Crippen LogP contribution >= 0.6 is 0 Å². The third-order valence-electron chi connectivity index (χ3n) is 4.39. The first-order valence-corrected chi connectivity index (χ1v) is 8.18. The second kappa shape index (κ2) is 7.26. The number of ether oxygens (including phenoxy) is 1. The summed E-state index contributed by atoms with van der Waals surface area (Å²) in [4.78, 5) is 0. The maximum absolute atomic E-state index is 13.8. The SMILES string of the molecule is CCC(N)Cc1cc(F)cc(OC2CC(C)CC(C)C2)c1. The summed E-state index contributed by atoms with van der Waals surface area (Å²) in [6.07, 6.45) is 5.18. The number of rotatable bonds is 5. The van der Waals surface area contributed by atoms with Crippen LogP contribution in [-0.4, -0.2) is 12.1 Å². The molecule has 0 spiro atoms. The van der Waals surface area contributed by atoms with Crippen LogP contribution in [0.15, 0.2) is 18.2 Å². The number of halogens is 1. The fraction of sp³-hybridized carbons (Fsp3) is 0.667. The normalized spacial score (nSPS) is 27.4. The fourth-order valence-electron chi connectivity index (χ4n) is 3.42. The summed E-state index contributed by atoms with van der Waals surface area (Å²) in [6, 6.07) is 5.08. The average molecular weight is 293 g/mol. The van der Waals surface area contributed by atoms with E-state index in [9.17, 15) is 4.39 Å². The maximum Gasteiger partial charge on any atom is 0.127 e. The van der Waals surface area contributed by atoms with Gasteiger partial charge in [-0.15, -0.1) is 0 Å². The van der Waals surface area contributed by atoms with E-state index in [1.807, 2.05) is 13.0 Å². The molecule has 0 radical (unpaired) electrons. The van der Waals surface area contributed by atoms with Gasteiger partial charge in [0, 0.05) is 12.1 Å². The molecule has 2 nitrogen and oxygen atoms in total. The van der Waals surface area contributed by atoms with Gasteiger partial charge in [-0.2, -0.15) is 0 Å². The number of hydrogen-bond donors (Lipinski definition) is 1. The molecule has 1 aliphatic rings. The highest BCUT2D eigenvalue weighted by Gasteiger charge is 2.25. The van der Waals surface area contributed by atoms with Crippen molar-refractivity contribution in [3.63, 3.8) is 0 Å². The molecule has 1 fully saturated rings. The fourth-order valence-corrected chi connectivity index (χ4v) is 3.42. The highest BCUT2D eigenvalue weighted by molar-refractivity contribution is 5.30. The Hall–Kier alpha value is -1.09. The molecule has 1 aromatic rings. The summed E-state index contributed by atoms with van der Waals surface area (Å²) in [7, 11) is 0. The van der Waals surface area contributed by atoms with Crippen LogP contribution in [0.4, 0.5) is 4.39 Å². The van der Waals surface area contributed by atoms with E-state index in [4.69, 9.17) is 10.5 Å². The van der Waals surface area contributed by atoms with Crippen LogP contribution in [0.3, 0.4) is 0 Å². The molecule has 0 aromatic heterocycles. The van der Waals surface area contributed by atoms with Crippen molar-refractivity contribution in [1.82, 2.24) is 0 Å². The van der Waals surface area contributed by atoms with Crippen molar-refractivity contribution >= 4 is 0 Å². The lowest BCUT2D eigenvalue weighted by atomic mass is 9.82. The van der Waals surface area contributed by atoms with Gasteiger partial charge in [-0.25, -0.2) is 4.39 Å². The molecular formula is C18H28FNO. The van der Waals surface area contributed by atoms with E-state index in [1.54, 1.807) is 6.07 Å². The average Bonchev–Trinajstić information content (AvgIpc) is 2.36. The molecule has 2 N–H and O–H groups in total. The van der Waals surface area contributed by atoms with Gasteiger partial charge in [0.25, 0.3) is 0 Å². The summed E-state index contributed by atoms with van der Waals surface area (Å²) in [6.45, 7) is 6.58. The largest absolute Gasteiger partial charge is 0.490 e. The Balaban J connectivity index is 2.05. The van der Waals surface area contributed by atoms with Crippen molar-refractivity contribution in [2.24, 2.45) is 17.6 Å². The van der Waals surface area contributed by atoms with Crippen molar-refractivity contribution in [3.8, 4) is 5.75 Å². The lowest BCUT2D eigenvalue weighted by Crippen LogP contribution is -2.28. The second-order valence-electron chi connectivity index (χ2n) is 6.82. The Morgan fingerprint density at radius 3 is 2.48 bits per heavy atom. The van der Waals surface area contributed by atoms with E-state index in [2.05, 4.69) is 13.8 Å². The zero-order valence-corrected chi connectivity index (χ0v) is 13.4. The minimum atomic E-state index is -0.234. The van der Waals surface area contributed by atoms with Crippen molar-refractivity contribution in [2.45, 2.75) is 65.0 Å². The Kier molecular flexibility index (Phi) is 5.63. The Labute approximate surface area is 127 Å². The molecule has 0 amide bonds. The summed E-state index contributed by atoms with van der Waals surface area (Å²) in [5.41, 5.74) is 6.89. The van der Waals surface area contributed by atoms with E-state index >= 15 is 0 Å². The molecule has 0 bridgehead atoms. The third kappa shape index (κ3) is 4.99. The molecule has 0 heterocycles. The van der Waals surface area contributed by atoms with Crippen LogP contribution in [0, 0.1) is 17.7 Å². The van der Waals surface area contributed by atoms with E-state index in [0.29, 0.717) is 24.0 Å². The van der Waals surface area contributed by atoms with Crippen LogP contribution < -0.4 is 10.5 Å². The molecule has 2 rings (SSSR count). The van der Waals surface area contributed by atoms with Crippen LogP contribution in [0.2, 0.25) is 0 Å². The predicted molar refractivity (Wildman–Crippen MR) is 85.0 cm³/mol. The maximum atomic E-state index is 13.8. The molecule has 21 heavy (non-hydrogen) atoms. The molecule has 3 atom stereocenters. The van der Waals surface area contributed by atoms with E-state index in [-0.39, 0.29) is 18.0 Å². The molecule has 0 saturated heterocycles. The highest BCUT2D eigenvalue weighted by atomic mass is 19.1. The predicted octanol–water partition coefficient (Wildman–Crippen LogP) is 4.31. The first-order valence-electron chi connectivity index (χ1n) is 8.18. The van der Waals surface area contributed by atoms with Crippen molar-refractivity contribution < 1.29 is 9.13 Å². The summed E-state index contributed by atoms with van der Waals surface area (Å²) < 4.78 is 19.8. The molecular weight excluding hydrogens is 265 g/mol. The zero-order chi connectivity index (χ0) is 15.4. The van der Waals surface area contributed by atoms with Gasteiger partial charge in [-0.3, -0.25) is 0 Å². The van der Waals surface area contributed by atoms with E-state index in [1.165, 1.54) is 12.5 Å². The second-order valence-corrected chi connectivity index (χ2v) is 6.82. The van der Waals surface area contributed by atoms with Crippen molar-refractivity contribution in [1.29, 1.82) is 0 Å². The van der Waals surface area contributed by atoms with Gasteiger partial charge in [-0.1, -0.05) is 20.8 Å². The lowest BCUT2D eigenvalue weighted by Gasteiger charge is -2.31. The van der Waals surface area contributed by atoms with Crippen molar-refractivity contribution in [3.05, 3.63) is 29.6 Å². The van der Waals surface area contributed by atoms with Gasteiger partial charge in [0.05, 0.1) is 6.10 Å². The third-order valence-corrected chi connectivity index (χ3v) is 4.39. The van der Waals surface area contributed by atoms with Crippen LogP contribution in [0.5, 0.6) is 5.75 Å². The first-order chi connectivity index (χ1) is 9.96. The minimum absolute atomic E-state index is 0.0781. The summed E-state index contributed by atoms with van der Waals surface area (Å²) in [5, 5.41) is 0. The number of benzene rings is 1. The highest BCUT2D eigenvalue weighted by Crippen LogP contribution is 2.31. The smallest absolute Gasteiger partial charge is 0.127 e. The minimum Gasteiger partial charge on any atom is -0.490 e. The van der Waals surface area contributed by atoms with Crippen LogP contribution in [0.1, 0.15) is 52.0 Å². The standard InChI is InChI=1S/C18H28FNO/c1-4-16(20)9-14-8-15(19)11-18(10-14)21-17-6-12(2)5-13(3)7-17/h8,10-13,16-17H,4-7,9,20H2,1-3H3. The molecule has 3 heteroatoms. The number of nitrogens with two attached hydrogens (primary N) is 1. The molecule has 1 aromatic carbocycles. The summed E-state index contributed by atoms with van der Waals surface area (Å²) >= 11 is 0. The van der Waals surface area contributed by atoms with Gasteiger partial charge in [0.15, 0.2) is 0 Å². The van der Waals surface area contributed by atoms with Crippen molar-refractivity contribution in [2.75, 3.05) is 0 Å². The van der Waals surface area contributed by atoms with Gasteiger partial charge >= 0.3 is 0 Å². The summed E-state index contributed by atoms with van der Waals surface area (Å²) in [5.74, 6) is 1.78. The quantitative estimate of drug-likeness (QED) is 0.878. The van der Waals surface area contributed by atoms with E-state index in [0.717, 1.165) is 24.8 Å². The molecule has 1 aliphatic carbocycles. The van der Waals surface area contributed by atoms with Crippen LogP contribution in [0.25, 0.3) is 0 Å². The molecule has 0 aliphatic heterocycles. The first kappa shape index (κ1) is 16.3. The zero-order valence-electron chi connectivity index (χ0n) is 13.4. The Morgan fingerprint density at radius 2 is 1.86 bits per heavy atom. The Bertz CT molecular complexity index is 453. The van der Waals surface area contributed by atoms with Gasteiger partial charge in [0.2, 0.25) is 0 Å². The monoisotopic (exact) mass is 293 g/mol. The Morgan fingerprint density at radius 1 is 1.19 bits per heavy atom. The van der Waals surface area contributed by atoms with Gasteiger partial charge in [0.1, 0.15) is 11.6 Å². The number of hydrogen-bond acceptors (Lipinski definition) is 2. The molecule has 3 unspecified atom stereocenters. The topological polar surface area (TPSA) is 35.2 Å². The van der Waals surface area contributed by atoms with Gasteiger partial charge in [-0.05, 0) is 61.6 Å². The lowest BCUT2D eigenvalue weighted by molar-refractivity contribution is 0.101. The van der Waals surface area contributed by atoms with E-state index < -0.39 is 0 Å². The molecule has 1 saturated carbocycles.